The van der Waals surface area contributed by atoms with E-state index in [1.807, 2.05) is 68.4 Å². The van der Waals surface area contributed by atoms with Crippen LogP contribution >= 0.6 is 0 Å². The SMILES string of the molecule is CCC(C(=O)n1c(C)nc2ccccc21)c1ccccc1. The van der Waals surface area contributed by atoms with Crippen molar-refractivity contribution in [2.75, 3.05) is 0 Å². The molecule has 3 rings (SSSR count). The molecule has 0 amide bonds. The minimum absolute atomic E-state index is 0.0925. The van der Waals surface area contributed by atoms with Crippen molar-refractivity contribution in [1.29, 1.82) is 0 Å². The number of benzene rings is 2. The summed E-state index contributed by atoms with van der Waals surface area (Å²) in [6.07, 6.45) is 0.773. The van der Waals surface area contributed by atoms with Crippen molar-refractivity contribution >= 4 is 16.9 Å². The Morgan fingerprint density at radius 1 is 1.10 bits per heavy atom. The molecule has 1 heterocycles. The van der Waals surface area contributed by atoms with E-state index in [2.05, 4.69) is 4.98 Å². The predicted octanol–water partition coefficient (Wildman–Crippen LogP) is 4.18. The molecule has 21 heavy (non-hydrogen) atoms. The van der Waals surface area contributed by atoms with Gasteiger partial charge in [0, 0.05) is 0 Å². The topological polar surface area (TPSA) is 34.9 Å². The predicted molar refractivity (Wildman–Crippen MR) is 84.6 cm³/mol. The highest BCUT2D eigenvalue weighted by Gasteiger charge is 2.23. The molecule has 0 aliphatic carbocycles. The molecule has 1 unspecified atom stereocenters. The Kier molecular flexibility index (Phi) is 3.57. The van der Waals surface area contributed by atoms with Crippen LogP contribution in [0.15, 0.2) is 54.6 Å². The molecule has 106 valence electrons. The normalized spacial score (nSPS) is 12.5. The maximum Gasteiger partial charge on any atom is 0.240 e. The van der Waals surface area contributed by atoms with Crippen molar-refractivity contribution in [3.63, 3.8) is 0 Å². The Bertz CT molecular complexity index is 774. The van der Waals surface area contributed by atoms with Gasteiger partial charge in [-0.2, -0.15) is 0 Å². The minimum Gasteiger partial charge on any atom is -0.273 e. The monoisotopic (exact) mass is 278 g/mol. The van der Waals surface area contributed by atoms with Crippen molar-refractivity contribution in [3.8, 4) is 0 Å². The third-order valence-electron chi connectivity index (χ3n) is 3.86. The van der Waals surface area contributed by atoms with E-state index in [0.717, 1.165) is 28.8 Å². The van der Waals surface area contributed by atoms with Gasteiger partial charge in [-0.15, -0.1) is 0 Å². The zero-order valence-corrected chi connectivity index (χ0v) is 12.3. The van der Waals surface area contributed by atoms with Crippen LogP contribution in [-0.4, -0.2) is 15.5 Å². The lowest BCUT2D eigenvalue weighted by atomic mass is 9.95. The van der Waals surface area contributed by atoms with Gasteiger partial charge >= 0.3 is 0 Å². The standard InChI is InChI=1S/C18H18N2O/c1-3-15(14-9-5-4-6-10-14)18(21)20-13(2)19-16-11-7-8-12-17(16)20/h4-12,15H,3H2,1-2H3. The maximum atomic E-state index is 13.0. The molecule has 3 heteroatoms. The van der Waals surface area contributed by atoms with Gasteiger partial charge in [-0.05, 0) is 31.0 Å². The summed E-state index contributed by atoms with van der Waals surface area (Å²) in [5.41, 5.74) is 2.81. The summed E-state index contributed by atoms with van der Waals surface area (Å²) in [5.74, 6) is 0.702. The molecule has 0 fully saturated rings. The molecule has 0 radical (unpaired) electrons. The molecule has 0 saturated carbocycles. The largest absolute Gasteiger partial charge is 0.273 e. The molecule has 1 aromatic heterocycles. The van der Waals surface area contributed by atoms with Crippen molar-refractivity contribution < 1.29 is 4.79 Å². The Morgan fingerprint density at radius 3 is 2.48 bits per heavy atom. The van der Waals surface area contributed by atoms with Crippen molar-refractivity contribution in [2.24, 2.45) is 0 Å². The third kappa shape index (κ3) is 2.35. The number of carbonyl (C=O) groups excluding carboxylic acids is 1. The number of aryl methyl sites for hydroxylation is 1. The van der Waals surface area contributed by atoms with Gasteiger partial charge in [0.15, 0.2) is 0 Å². The summed E-state index contributed by atoms with van der Waals surface area (Å²) in [4.78, 5) is 17.5. The highest BCUT2D eigenvalue weighted by atomic mass is 16.2. The Hall–Kier alpha value is -2.42. The molecule has 0 aliphatic heterocycles. The molecule has 3 nitrogen and oxygen atoms in total. The van der Waals surface area contributed by atoms with Gasteiger partial charge in [-0.25, -0.2) is 4.98 Å². The molecule has 0 N–H and O–H groups in total. The molecule has 0 aliphatic rings. The van der Waals surface area contributed by atoms with Crippen molar-refractivity contribution in [2.45, 2.75) is 26.2 Å². The molecule has 3 aromatic rings. The number of fused-ring (bicyclic) bond motifs is 1. The maximum absolute atomic E-state index is 13.0. The fourth-order valence-corrected chi connectivity index (χ4v) is 2.82. The van der Waals surface area contributed by atoms with Crippen LogP contribution in [0.25, 0.3) is 11.0 Å². The average Bonchev–Trinajstić information content (AvgIpc) is 2.84. The molecule has 0 spiro atoms. The number of hydrogen-bond acceptors (Lipinski definition) is 2. The highest BCUT2D eigenvalue weighted by molar-refractivity contribution is 5.94. The van der Waals surface area contributed by atoms with Gasteiger partial charge in [0.1, 0.15) is 5.82 Å². The summed E-state index contributed by atoms with van der Waals surface area (Å²) >= 11 is 0. The number of hydrogen-bond donors (Lipinski definition) is 0. The quantitative estimate of drug-likeness (QED) is 0.720. The van der Waals surface area contributed by atoms with Gasteiger partial charge in [-0.1, -0.05) is 49.4 Å². The van der Waals surface area contributed by atoms with Crippen LogP contribution in [0.3, 0.4) is 0 Å². The van der Waals surface area contributed by atoms with Crippen LogP contribution < -0.4 is 0 Å². The summed E-state index contributed by atoms with van der Waals surface area (Å²) in [5, 5.41) is 0. The first-order valence-electron chi connectivity index (χ1n) is 7.25. The van der Waals surface area contributed by atoms with Gasteiger partial charge in [-0.3, -0.25) is 9.36 Å². The molecule has 0 saturated heterocycles. The van der Waals surface area contributed by atoms with Gasteiger partial charge < -0.3 is 0 Å². The average molecular weight is 278 g/mol. The summed E-state index contributed by atoms with van der Waals surface area (Å²) < 4.78 is 1.75. The number of para-hydroxylation sites is 2. The second kappa shape index (κ2) is 5.52. The van der Waals surface area contributed by atoms with Crippen LogP contribution in [0.5, 0.6) is 0 Å². The van der Waals surface area contributed by atoms with E-state index in [1.54, 1.807) is 4.57 Å². The minimum atomic E-state index is -0.137. The summed E-state index contributed by atoms with van der Waals surface area (Å²) in [7, 11) is 0. The highest BCUT2D eigenvalue weighted by Crippen LogP contribution is 2.25. The van der Waals surface area contributed by atoms with Gasteiger partial charge in [0.2, 0.25) is 5.91 Å². The summed E-state index contributed by atoms with van der Waals surface area (Å²) in [6.45, 7) is 3.93. The summed E-state index contributed by atoms with van der Waals surface area (Å²) in [6, 6.07) is 17.7. The third-order valence-corrected chi connectivity index (χ3v) is 3.86. The first-order valence-corrected chi connectivity index (χ1v) is 7.25. The van der Waals surface area contributed by atoms with E-state index in [9.17, 15) is 4.79 Å². The van der Waals surface area contributed by atoms with Crippen molar-refractivity contribution in [3.05, 3.63) is 66.0 Å². The zero-order chi connectivity index (χ0) is 14.8. The van der Waals surface area contributed by atoms with E-state index < -0.39 is 0 Å². The number of imidazole rings is 1. The molecular weight excluding hydrogens is 260 g/mol. The smallest absolute Gasteiger partial charge is 0.240 e. The number of rotatable bonds is 3. The Morgan fingerprint density at radius 2 is 1.76 bits per heavy atom. The van der Waals surface area contributed by atoms with E-state index >= 15 is 0 Å². The molecule has 0 bridgehead atoms. The Balaban J connectivity index is 2.09. The van der Waals surface area contributed by atoms with E-state index in [4.69, 9.17) is 0 Å². The number of aromatic nitrogens is 2. The van der Waals surface area contributed by atoms with E-state index in [-0.39, 0.29) is 11.8 Å². The molecular formula is C18H18N2O. The van der Waals surface area contributed by atoms with E-state index in [1.165, 1.54) is 0 Å². The fourth-order valence-electron chi connectivity index (χ4n) is 2.82. The lowest BCUT2D eigenvalue weighted by Gasteiger charge is -2.16. The van der Waals surface area contributed by atoms with Crippen LogP contribution in [0.2, 0.25) is 0 Å². The second-order valence-corrected chi connectivity index (χ2v) is 5.19. The second-order valence-electron chi connectivity index (χ2n) is 5.19. The fraction of sp³-hybridized carbons (Fsp3) is 0.222. The number of nitrogens with zero attached hydrogens (tertiary/aromatic N) is 2. The van der Waals surface area contributed by atoms with Crippen LogP contribution in [0.1, 0.15) is 35.4 Å². The first kappa shape index (κ1) is 13.6. The van der Waals surface area contributed by atoms with Crippen LogP contribution in [-0.2, 0) is 0 Å². The lowest BCUT2D eigenvalue weighted by Crippen LogP contribution is -2.20. The Labute approximate surface area is 124 Å². The number of carbonyl (C=O) groups is 1. The molecule has 2 aromatic carbocycles. The zero-order valence-electron chi connectivity index (χ0n) is 12.3. The van der Waals surface area contributed by atoms with Crippen molar-refractivity contribution in [1.82, 2.24) is 9.55 Å². The van der Waals surface area contributed by atoms with Gasteiger partial charge in [0.25, 0.3) is 0 Å². The first-order chi connectivity index (χ1) is 10.2. The van der Waals surface area contributed by atoms with E-state index in [0.29, 0.717) is 0 Å². The van der Waals surface area contributed by atoms with Crippen LogP contribution in [0, 0.1) is 6.92 Å². The lowest BCUT2D eigenvalue weighted by molar-refractivity contribution is 0.0877. The van der Waals surface area contributed by atoms with Gasteiger partial charge in [0.05, 0.1) is 17.0 Å². The molecule has 1 atom stereocenters. The van der Waals surface area contributed by atoms with Crippen LogP contribution in [0.4, 0.5) is 0 Å².